The average molecular weight is 279 g/mol. The molecule has 7 heteroatoms. The third-order valence-corrected chi connectivity index (χ3v) is 2.26. The molecular formula is C12H16F3NO3. The minimum absolute atomic E-state index is 0.00970. The molecule has 1 aromatic rings. The van der Waals surface area contributed by atoms with Crippen molar-refractivity contribution in [2.24, 2.45) is 0 Å². The summed E-state index contributed by atoms with van der Waals surface area (Å²) in [6, 6.07) is 1.27. The summed E-state index contributed by atoms with van der Waals surface area (Å²) in [6.45, 7) is 0.628. The fourth-order valence-electron chi connectivity index (χ4n) is 1.33. The lowest BCUT2D eigenvalue weighted by Crippen LogP contribution is -2.26. The molecular weight excluding hydrogens is 263 g/mol. The minimum Gasteiger partial charge on any atom is -0.389 e. The van der Waals surface area contributed by atoms with E-state index >= 15 is 0 Å². The molecule has 0 bridgehead atoms. The van der Waals surface area contributed by atoms with Crippen LogP contribution in [0.5, 0.6) is 0 Å². The van der Waals surface area contributed by atoms with E-state index in [9.17, 15) is 18.3 Å². The highest BCUT2D eigenvalue weighted by Crippen LogP contribution is 2.18. The number of anilines is 1. The Labute approximate surface area is 109 Å². The summed E-state index contributed by atoms with van der Waals surface area (Å²) in [5.74, 6) is -3.37. The number of hydrogen-bond acceptors (Lipinski definition) is 4. The molecule has 0 spiro atoms. The molecule has 0 saturated heterocycles. The highest BCUT2D eigenvalue weighted by molar-refractivity contribution is 5.45. The number of benzene rings is 1. The second kappa shape index (κ2) is 7.98. The molecule has 0 aliphatic rings. The van der Waals surface area contributed by atoms with Crippen LogP contribution in [0, 0.1) is 17.5 Å². The Bertz CT molecular complexity index is 404. The molecule has 0 heterocycles. The normalized spacial score (nSPS) is 12.5. The molecule has 4 nitrogen and oxygen atoms in total. The van der Waals surface area contributed by atoms with Crippen molar-refractivity contribution < 1.29 is 27.8 Å². The highest BCUT2D eigenvalue weighted by Gasteiger charge is 2.12. The van der Waals surface area contributed by atoms with E-state index in [0.717, 1.165) is 6.07 Å². The second-order valence-electron chi connectivity index (χ2n) is 3.85. The predicted octanol–water partition coefficient (Wildman–Crippen LogP) is 1.54. The first-order valence-corrected chi connectivity index (χ1v) is 5.67. The maximum absolute atomic E-state index is 13.3. The monoisotopic (exact) mass is 279 g/mol. The van der Waals surface area contributed by atoms with Gasteiger partial charge in [-0.2, -0.15) is 0 Å². The third kappa shape index (κ3) is 5.46. The van der Waals surface area contributed by atoms with Crippen LogP contribution < -0.4 is 5.32 Å². The van der Waals surface area contributed by atoms with Crippen LogP contribution in [-0.2, 0) is 9.47 Å². The zero-order chi connectivity index (χ0) is 14.3. The van der Waals surface area contributed by atoms with Crippen molar-refractivity contribution in [2.45, 2.75) is 6.10 Å². The lowest BCUT2D eigenvalue weighted by molar-refractivity contribution is 0.0182. The van der Waals surface area contributed by atoms with Crippen molar-refractivity contribution >= 4 is 5.69 Å². The van der Waals surface area contributed by atoms with Crippen molar-refractivity contribution in [3.05, 3.63) is 29.6 Å². The summed E-state index contributed by atoms with van der Waals surface area (Å²) in [5.41, 5.74) is -0.339. The van der Waals surface area contributed by atoms with Gasteiger partial charge in [0.05, 0.1) is 31.6 Å². The van der Waals surface area contributed by atoms with Gasteiger partial charge in [-0.05, 0) is 0 Å². The summed E-state index contributed by atoms with van der Waals surface area (Å²) in [7, 11) is 1.52. The lowest BCUT2D eigenvalue weighted by Gasteiger charge is -2.14. The quantitative estimate of drug-likeness (QED) is 0.560. The average Bonchev–Trinajstić information content (AvgIpc) is 2.37. The van der Waals surface area contributed by atoms with E-state index in [1.807, 2.05) is 0 Å². The molecule has 0 saturated carbocycles. The Morgan fingerprint density at radius 1 is 1.26 bits per heavy atom. The minimum atomic E-state index is -1.28. The zero-order valence-corrected chi connectivity index (χ0v) is 10.5. The van der Waals surface area contributed by atoms with Gasteiger partial charge in [-0.25, -0.2) is 13.2 Å². The molecule has 1 atom stereocenters. The van der Waals surface area contributed by atoms with E-state index < -0.39 is 23.6 Å². The molecule has 108 valence electrons. The Balaban J connectivity index is 2.39. The number of nitrogens with one attached hydrogen (secondary N) is 1. The van der Waals surface area contributed by atoms with Crippen molar-refractivity contribution in [1.29, 1.82) is 0 Å². The standard InChI is InChI=1S/C12H16F3NO3/c1-18-2-3-19-7-9(17)6-16-11-5-8(13)4-10(14)12(11)15/h4-5,9,16-17H,2-3,6-7H2,1H3. The van der Waals surface area contributed by atoms with Gasteiger partial charge in [0.15, 0.2) is 11.6 Å². The lowest BCUT2D eigenvalue weighted by atomic mass is 10.2. The summed E-state index contributed by atoms with van der Waals surface area (Å²) in [5, 5.41) is 11.9. The SMILES string of the molecule is COCCOCC(O)CNc1cc(F)cc(F)c1F. The summed E-state index contributed by atoms with van der Waals surface area (Å²) < 4.78 is 48.8. The van der Waals surface area contributed by atoms with E-state index in [4.69, 9.17) is 9.47 Å². The first kappa shape index (κ1) is 15.7. The van der Waals surface area contributed by atoms with E-state index in [2.05, 4.69) is 5.32 Å². The van der Waals surface area contributed by atoms with Gasteiger partial charge in [0.2, 0.25) is 0 Å². The first-order chi connectivity index (χ1) is 9.04. The van der Waals surface area contributed by atoms with Gasteiger partial charge in [-0.15, -0.1) is 0 Å². The largest absolute Gasteiger partial charge is 0.389 e. The van der Waals surface area contributed by atoms with E-state index in [1.165, 1.54) is 7.11 Å². The van der Waals surface area contributed by atoms with Crippen molar-refractivity contribution in [3.63, 3.8) is 0 Å². The van der Waals surface area contributed by atoms with Crippen LogP contribution >= 0.6 is 0 Å². The molecule has 19 heavy (non-hydrogen) atoms. The molecule has 1 aromatic carbocycles. The van der Waals surface area contributed by atoms with Crippen LogP contribution in [0.1, 0.15) is 0 Å². The number of aliphatic hydroxyl groups excluding tert-OH is 1. The fourth-order valence-corrected chi connectivity index (χ4v) is 1.33. The highest BCUT2D eigenvalue weighted by atomic mass is 19.2. The van der Waals surface area contributed by atoms with Crippen LogP contribution in [0.3, 0.4) is 0 Å². The smallest absolute Gasteiger partial charge is 0.182 e. The number of halogens is 3. The van der Waals surface area contributed by atoms with Crippen LogP contribution in [-0.4, -0.2) is 44.7 Å². The van der Waals surface area contributed by atoms with Crippen molar-refractivity contribution in [3.8, 4) is 0 Å². The molecule has 0 radical (unpaired) electrons. The summed E-state index contributed by atoms with van der Waals surface area (Å²) in [4.78, 5) is 0. The molecule has 0 fully saturated rings. The van der Waals surface area contributed by atoms with Crippen LogP contribution in [0.2, 0.25) is 0 Å². The van der Waals surface area contributed by atoms with Crippen LogP contribution in [0.15, 0.2) is 12.1 Å². The first-order valence-electron chi connectivity index (χ1n) is 5.67. The van der Waals surface area contributed by atoms with Gasteiger partial charge in [0.1, 0.15) is 5.82 Å². The Kier molecular flexibility index (Phi) is 6.61. The molecule has 1 rings (SSSR count). The molecule has 2 N–H and O–H groups in total. The molecule has 1 unspecified atom stereocenters. The Morgan fingerprint density at radius 3 is 2.68 bits per heavy atom. The van der Waals surface area contributed by atoms with Crippen LogP contribution in [0.25, 0.3) is 0 Å². The van der Waals surface area contributed by atoms with Gasteiger partial charge >= 0.3 is 0 Å². The summed E-state index contributed by atoms with van der Waals surface area (Å²) >= 11 is 0. The van der Waals surface area contributed by atoms with Crippen molar-refractivity contribution in [1.82, 2.24) is 0 Å². The number of methoxy groups -OCH3 is 1. The molecule has 0 aliphatic heterocycles. The number of rotatable bonds is 8. The van der Waals surface area contributed by atoms with Crippen molar-refractivity contribution in [2.75, 3.05) is 38.8 Å². The molecule has 0 aliphatic carbocycles. The van der Waals surface area contributed by atoms with E-state index in [0.29, 0.717) is 19.3 Å². The predicted molar refractivity (Wildman–Crippen MR) is 63.5 cm³/mol. The van der Waals surface area contributed by atoms with Crippen LogP contribution in [0.4, 0.5) is 18.9 Å². The van der Waals surface area contributed by atoms with Gasteiger partial charge in [-0.3, -0.25) is 0 Å². The Hall–Kier alpha value is -1.31. The Morgan fingerprint density at radius 2 is 2.00 bits per heavy atom. The molecule has 0 amide bonds. The van der Waals surface area contributed by atoms with E-state index in [-0.39, 0.29) is 18.8 Å². The van der Waals surface area contributed by atoms with Gasteiger partial charge in [0.25, 0.3) is 0 Å². The maximum Gasteiger partial charge on any atom is 0.182 e. The zero-order valence-electron chi connectivity index (χ0n) is 10.5. The number of aliphatic hydroxyl groups is 1. The maximum atomic E-state index is 13.3. The second-order valence-corrected chi connectivity index (χ2v) is 3.85. The topological polar surface area (TPSA) is 50.7 Å². The fraction of sp³-hybridized carbons (Fsp3) is 0.500. The molecule has 0 aromatic heterocycles. The third-order valence-electron chi connectivity index (χ3n) is 2.26. The van der Waals surface area contributed by atoms with E-state index in [1.54, 1.807) is 0 Å². The number of hydrogen-bond donors (Lipinski definition) is 2. The summed E-state index contributed by atoms with van der Waals surface area (Å²) in [6.07, 6.45) is -0.928. The van der Waals surface area contributed by atoms with Gasteiger partial charge < -0.3 is 19.9 Å². The number of ether oxygens (including phenoxy) is 2. The van der Waals surface area contributed by atoms with Gasteiger partial charge in [0, 0.05) is 25.8 Å². The van der Waals surface area contributed by atoms with Gasteiger partial charge in [-0.1, -0.05) is 0 Å².